The van der Waals surface area contributed by atoms with E-state index in [1.165, 1.54) is 9.66 Å². The Labute approximate surface area is 79.1 Å². The van der Waals surface area contributed by atoms with Crippen molar-refractivity contribution in [3.05, 3.63) is 32.6 Å². The minimum absolute atomic E-state index is 0.372. The van der Waals surface area contributed by atoms with Crippen molar-refractivity contribution in [2.75, 3.05) is 0 Å². The zero-order valence-electron chi connectivity index (χ0n) is 5.54. The van der Waals surface area contributed by atoms with E-state index in [1.807, 2.05) is 0 Å². The van der Waals surface area contributed by atoms with Crippen LogP contribution in [0.3, 0.4) is 0 Å². The van der Waals surface area contributed by atoms with Crippen LogP contribution in [-0.4, -0.2) is 7.19 Å². The first kappa shape index (κ1) is 8.73. The number of hydrogen-bond acceptors (Lipinski definition) is 2. The van der Waals surface area contributed by atoms with Crippen LogP contribution in [0.2, 0.25) is 0 Å². The molecule has 0 saturated carbocycles. The molecular formula is C5H4Br2N2O2. The first-order chi connectivity index (χ1) is 5.04. The molecule has 0 fully saturated rings. The van der Waals surface area contributed by atoms with Crippen LogP contribution in [0.15, 0.2) is 15.7 Å². The zero-order valence-corrected chi connectivity index (χ0v) is 8.72. The molecule has 60 valence electrons. The number of aromatic nitrogens is 2. The summed E-state index contributed by atoms with van der Waals surface area (Å²) >= 11 is 5.78. The summed E-state index contributed by atoms with van der Waals surface area (Å²) in [6.07, 6.45) is 0. The molecule has 0 bridgehead atoms. The van der Waals surface area contributed by atoms with Crippen molar-refractivity contribution in [3.8, 4) is 0 Å². The van der Waals surface area contributed by atoms with Gasteiger partial charge in [0.05, 0.1) is 32.3 Å². The van der Waals surface area contributed by atoms with Crippen molar-refractivity contribution in [1.29, 1.82) is 0 Å². The van der Waals surface area contributed by atoms with Crippen LogP contribution in [-0.2, 0) is 0 Å². The molecule has 1 heterocycles. The Balaban J connectivity index is 3.74. The fraction of sp³-hybridized carbons (Fsp3) is 0.200. The zero-order chi connectivity index (χ0) is 8.59. The molecule has 0 aliphatic heterocycles. The van der Waals surface area contributed by atoms with E-state index in [0.29, 0.717) is 5.69 Å². The lowest BCUT2D eigenvalue weighted by Crippen LogP contribution is -2.32. The van der Waals surface area contributed by atoms with Crippen LogP contribution in [0.1, 0.15) is 5.69 Å². The van der Waals surface area contributed by atoms with E-state index in [2.05, 4.69) is 32.3 Å². The molecule has 0 amide bonds. The van der Waals surface area contributed by atoms with Gasteiger partial charge in [0.25, 0.3) is 5.56 Å². The molecule has 11 heavy (non-hydrogen) atoms. The summed E-state index contributed by atoms with van der Waals surface area (Å²) in [6.45, 7) is 1.66. The summed E-state index contributed by atoms with van der Waals surface area (Å²) in [5.74, 6) is 0. The van der Waals surface area contributed by atoms with Gasteiger partial charge in [0.15, 0.2) is 0 Å². The summed E-state index contributed by atoms with van der Waals surface area (Å²) in [6, 6.07) is 1.34. The summed E-state index contributed by atoms with van der Waals surface area (Å²) in [5.41, 5.74) is -0.256. The lowest BCUT2D eigenvalue weighted by Gasteiger charge is -1.99. The van der Waals surface area contributed by atoms with Gasteiger partial charge < -0.3 is 0 Å². The van der Waals surface area contributed by atoms with Gasteiger partial charge in [-0.1, -0.05) is 0 Å². The summed E-state index contributed by atoms with van der Waals surface area (Å²) in [4.78, 5) is 21.9. The third-order valence-corrected chi connectivity index (χ3v) is 2.69. The molecule has 4 nitrogen and oxygen atoms in total. The SMILES string of the molecule is Cc1cc(=O)n(Br)c(=O)n1Br. The Morgan fingerprint density at radius 3 is 2.36 bits per heavy atom. The Morgan fingerprint density at radius 2 is 1.82 bits per heavy atom. The van der Waals surface area contributed by atoms with Crippen molar-refractivity contribution in [2.45, 2.75) is 6.92 Å². The topological polar surface area (TPSA) is 44.0 Å². The van der Waals surface area contributed by atoms with E-state index < -0.39 is 5.69 Å². The van der Waals surface area contributed by atoms with Gasteiger partial charge in [-0.2, -0.15) is 3.59 Å². The van der Waals surface area contributed by atoms with E-state index >= 15 is 0 Å². The number of aryl methyl sites for hydroxylation is 1. The number of halogens is 2. The van der Waals surface area contributed by atoms with Gasteiger partial charge in [-0.3, -0.25) is 4.79 Å². The first-order valence-electron chi connectivity index (χ1n) is 2.72. The van der Waals surface area contributed by atoms with Crippen molar-refractivity contribution in [1.82, 2.24) is 7.19 Å². The number of rotatable bonds is 0. The third-order valence-electron chi connectivity index (χ3n) is 1.17. The second-order valence-electron chi connectivity index (χ2n) is 1.97. The average Bonchev–Trinajstić information content (AvgIpc) is 1.97. The van der Waals surface area contributed by atoms with Crippen LogP contribution < -0.4 is 11.2 Å². The Morgan fingerprint density at radius 1 is 1.27 bits per heavy atom. The Kier molecular flexibility index (Phi) is 2.34. The van der Waals surface area contributed by atoms with Crippen molar-refractivity contribution in [3.63, 3.8) is 0 Å². The fourth-order valence-electron chi connectivity index (χ4n) is 0.614. The smallest absolute Gasteiger partial charge is 0.268 e. The second-order valence-corrected chi connectivity index (χ2v) is 3.39. The Bertz CT molecular complexity index is 392. The van der Waals surface area contributed by atoms with E-state index in [0.717, 1.165) is 3.59 Å². The molecule has 0 aliphatic carbocycles. The highest BCUT2D eigenvalue weighted by Crippen LogP contribution is 1.94. The molecule has 1 rings (SSSR count). The molecule has 0 aromatic carbocycles. The van der Waals surface area contributed by atoms with Crippen molar-refractivity contribution < 1.29 is 0 Å². The minimum Gasteiger partial charge on any atom is -0.268 e. The van der Waals surface area contributed by atoms with E-state index in [-0.39, 0.29) is 5.56 Å². The fourth-order valence-corrected chi connectivity index (χ4v) is 1.35. The van der Waals surface area contributed by atoms with Gasteiger partial charge in [-0.15, -0.1) is 0 Å². The molecule has 0 atom stereocenters. The maximum Gasteiger partial charge on any atom is 0.351 e. The minimum atomic E-state index is -0.449. The van der Waals surface area contributed by atoms with Crippen LogP contribution >= 0.6 is 32.3 Å². The molecule has 0 radical (unpaired) electrons. The van der Waals surface area contributed by atoms with Crippen LogP contribution in [0.5, 0.6) is 0 Å². The lowest BCUT2D eigenvalue weighted by molar-refractivity contribution is 0.930. The molecule has 0 saturated heterocycles. The molecular weight excluding hydrogens is 280 g/mol. The molecule has 6 heteroatoms. The molecule has 1 aromatic rings. The largest absolute Gasteiger partial charge is 0.351 e. The highest BCUT2D eigenvalue weighted by Gasteiger charge is 2.02. The molecule has 0 spiro atoms. The first-order valence-corrected chi connectivity index (χ1v) is 4.14. The highest BCUT2D eigenvalue weighted by atomic mass is 79.9. The maximum atomic E-state index is 11.0. The van der Waals surface area contributed by atoms with Crippen molar-refractivity contribution >= 4 is 32.3 Å². The van der Waals surface area contributed by atoms with E-state index in [9.17, 15) is 9.59 Å². The van der Waals surface area contributed by atoms with Gasteiger partial charge in [-0.05, 0) is 6.92 Å². The van der Waals surface area contributed by atoms with Gasteiger partial charge in [0, 0.05) is 11.8 Å². The highest BCUT2D eigenvalue weighted by molar-refractivity contribution is 9.08. The number of hydrogen-bond donors (Lipinski definition) is 0. The predicted octanol–water partition coefficient (Wildman–Crippen LogP) is 0.634. The molecule has 0 unspecified atom stereocenters. The van der Waals surface area contributed by atoms with Gasteiger partial charge >= 0.3 is 5.69 Å². The van der Waals surface area contributed by atoms with Crippen LogP contribution in [0, 0.1) is 6.92 Å². The van der Waals surface area contributed by atoms with Crippen LogP contribution in [0.4, 0.5) is 0 Å². The third kappa shape index (κ3) is 1.46. The summed E-state index contributed by atoms with van der Waals surface area (Å²) in [7, 11) is 0. The molecule has 1 aromatic heterocycles. The van der Waals surface area contributed by atoms with Gasteiger partial charge in [-0.25, -0.2) is 8.39 Å². The molecule has 0 N–H and O–H groups in total. The van der Waals surface area contributed by atoms with Crippen molar-refractivity contribution in [2.24, 2.45) is 0 Å². The normalized spacial score (nSPS) is 10.1. The summed E-state index contributed by atoms with van der Waals surface area (Å²) < 4.78 is 2.04. The molecule has 0 aliphatic rings. The van der Waals surface area contributed by atoms with E-state index in [1.54, 1.807) is 6.92 Å². The van der Waals surface area contributed by atoms with E-state index in [4.69, 9.17) is 0 Å². The summed E-state index contributed by atoms with van der Waals surface area (Å²) in [5, 5.41) is 0. The Hall–Kier alpha value is -0.360. The van der Waals surface area contributed by atoms with Crippen LogP contribution in [0.25, 0.3) is 0 Å². The second kappa shape index (κ2) is 2.94. The van der Waals surface area contributed by atoms with Gasteiger partial charge in [0.1, 0.15) is 0 Å². The standard InChI is InChI=1S/C5H4Br2N2O2/c1-3-2-4(10)9(7)5(11)8(3)6/h2H,1H3. The lowest BCUT2D eigenvalue weighted by atomic mass is 10.5. The average molecular weight is 284 g/mol. The maximum absolute atomic E-state index is 11.0. The van der Waals surface area contributed by atoms with Gasteiger partial charge in [0.2, 0.25) is 0 Å². The predicted molar refractivity (Wildman–Crippen MR) is 48.3 cm³/mol. The number of nitrogens with zero attached hydrogens (tertiary/aromatic N) is 2. The quantitative estimate of drug-likeness (QED) is 0.701. The monoisotopic (exact) mass is 282 g/mol.